The van der Waals surface area contributed by atoms with Gasteiger partial charge in [-0.25, -0.2) is 8.42 Å². The number of rotatable bonds is 7. The zero-order chi connectivity index (χ0) is 21.0. The highest BCUT2D eigenvalue weighted by Gasteiger charge is 2.28. The zero-order valence-electron chi connectivity index (χ0n) is 16.0. The van der Waals surface area contributed by atoms with Gasteiger partial charge < -0.3 is 9.73 Å². The number of anilines is 1. The Labute approximate surface area is 183 Å². The molecule has 1 heterocycles. The Morgan fingerprint density at radius 3 is 2.17 bits per heavy atom. The van der Waals surface area contributed by atoms with E-state index in [1.54, 1.807) is 30.3 Å². The van der Waals surface area contributed by atoms with Crippen molar-refractivity contribution in [3.8, 4) is 11.5 Å². The van der Waals surface area contributed by atoms with Crippen molar-refractivity contribution in [3.63, 3.8) is 0 Å². The maximum atomic E-state index is 13.2. The van der Waals surface area contributed by atoms with E-state index in [1.165, 1.54) is 0 Å². The van der Waals surface area contributed by atoms with Crippen LogP contribution in [0.5, 0.6) is 0 Å². The topological polar surface area (TPSA) is 72.2 Å². The van der Waals surface area contributed by atoms with Crippen LogP contribution >= 0.6 is 15.9 Å². The summed E-state index contributed by atoms with van der Waals surface area (Å²) in [4.78, 5) is 4.52. The van der Waals surface area contributed by atoms with Crippen molar-refractivity contribution in [1.82, 2.24) is 4.98 Å². The van der Waals surface area contributed by atoms with E-state index < -0.39 is 9.84 Å². The molecule has 1 aromatic heterocycles. The number of nitrogens with one attached hydrogen (secondary N) is 1. The maximum Gasteiger partial charge on any atom is 0.233 e. The highest BCUT2D eigenvalue weighted by molar-refractivity contribution is 9.10. The minimum absolute atomic E-state index is 0.111. The lowest BCUT2D eigenvalue weighted by molar-refractivity contribution is 0.577. The van der Waals surface area contributed by atoms with E-state index in [0.717, 1.165) is 16.5 Å². The number of aromatic nitrogens is 1. The lowest BCUT2D eigenvalue weighted by Crippen LogP contribution is -2.09. The van der Waals surface area contributed by atoms with Crippen molar-refractivity contribution in [1.29, 1.82) is 0 Å². The largest absolute Gasteiger partial charge is 0.419 e. The molecule has 0 fully saturated rings. The van der Waals surface area contributed by atoms with Crippen LogP contribution in [0.25, 0.3) is 11.5 Å². The Hall–Kier alpha value is -2.90. The lowest BCUT2D eigenvalue weighted by Gasteiger charge is -2.06. The fourth-order valence-electron chi connectivity index (χ4n) is 2.99. The highest BCUT2D eigenvalue weighted by Crippen LogP contribution is 2.32. The van der Waals surface area contributed by atoms with Gasteiger partial charge in [0.25, 0.3) is 0 Å². The molecule has 152 valence electrons. The number of nitrogens with zero attached hydrogens (tertiary/aromatic N) is 1. The number of benzene rings is 3. The first-order valence-corrected chi connectivity index (χ1v) is 11.7. The summed E-state index contributed by atoms with van der Waals surface area (Å²) in [6.45, 7) is 0.510. The van der Waals surface area contributed by atoms with Gasteiger partial charge in [0, 0.05) is 16.6 Å². The molecule has 0 saturated heterocycles. The second-order valence-electron chi connectivity index (χ2n) is 6.64. The van der Waals surface area contributed by atoms with E-state index in [0.29, 0.717) is 12.1 Å². The van der Waals surface area contributed by atoms with E-state index in [1.807, 2.05) is 54.6 Å². The van der Waals surface area contributed by atoms with Crippen molar-refractivity contribution in [2.45, 2.75) is 16.3 Å². The molecule has 0 radical (unpaired) electrons. The summed E-state index contributed by atoms with van der Waals surface area (Å²) >= 11 is 3.40. The molecule has 7 heteroatoms. The number of oxazole rings is 1. The average Bonchev–Trinajstić information content (AvgIpc) is 3.21. The monoisotopic (exact) mass is 482 g/mol. The van der Waals surface area contributed by atoms with Crippen LogP contribution in [0.1, 0.15) is 5.56 Å². The minimum atomic E-state index is -3.84. The summed E-state index contributed by atoms with van der Waals surface area (Å²) in [5.74, 6) is 0.395. The molecule has 1 N–H and O–H groups in total. The van der Waals surface area contributed by atoms with Crippen molar-refractivity contribution < 1.29 is 12.8 Å². The first kappa shape index (κ1) is 20.4. The van der Waals surface area contributed by atoms with Gasteiger partial charge in [0.1, 0.15) is 0 Å². The van der Waals surface area contributed by atoms with Gasteiger partial charge in [-0.2, -0.15) is 4.98 Å². The quantitative estimate of drug-likeness (QED) is 0.371. The van der Waals surface area contributed by atoms with Gasteiger partial charge in [0.15, 0.2) is 0 Å². The first-order valence-electron chi connectivity index (χ1n) is 9.39. The van der Waals surface area contributed by atoms with Gasteiger partial charge in [0.05, 0.1) is 4.90 Å². The molecule has 0 amide bonds. The molecule has 30 heavy (non-hydrogen) atoms. The van der Waals surface area contributed by atoms with Crippen LogP contribution in [0.15, 0.2) is 104 Å². The maximum absolute atomic E-state index is 13.2. The second-order valence-corrected chi connectivity index (χ2v) is 9.42. The molecular formula is C23H19BrN2O3S. The SMILES string of the molecule is O=S(=O)(c1ccccc1)c1nc(-c2ccc(Br)cc2)oc1NCCc1ccccc1. The van der Waals surface area contributed by atoms with Crippen LogP contribution < -0.4 is 5.32 Å². The van der Waals surface area contributed by atoms with Crippen LogP contribution in [0.3, 0.4) is 0 Å². The molecular weight excluding hydrogens is 464 g/mol. The third-order valence-electron chi connectivity index (χ3n) is 4.54. The Kier molecular flexibility index (Phi) is 6.01. The number of hydrogen-bond donors (Lipinski definition) is 1. The van der Waals surface area contributed by atoms with Crippen molar-refractivity contribution in [3.05, 3.63) is 95.0 Å². The van der Waals surface area contributed by atoms with E-state index >= 15 is 0 Å². The first-order chi connectivity index (χ1) is 14.5. The van der Waals surface area contributed by atoms with Gasteiger partial charge in [-0.1, -0.05) is 64.5 Å². The third kappa shape index (κ3) is 4.47. The standard InChI is InChI=1S/C23H19BrN2O3S/c24-19-13-11-18(12-14-19)21-26-23(30(27,28)20-9-5-2-6-10-20)22(29-21)25-16-15-17-7-3-1-4-8-17/h1-14,25H,15-16H2. The van der Waals surface area contributed by atoms with Crippen LogP contribution in [0.4, 0.5) is 5.88 Å². The van der Waals surface area contributed by atoms with Crippen molar-refractivity contribution in [2.24, 2.45) is 0 Å². The molecule has 0 unspecified atom stereocenters. The van der Waals surface area contributed by atoms with E-state index in [4.69, 9.17) is 4.42 Å². The molecule has 5 nitrogen and oxygen atoms in total. The number of hydrogen-bond acceptors (Lipinski definition) is 5. The molecule has 4 rings (SSSR count). The lowest BCUT2D eigenvalue weighted by atomic mass is 10.1. The van der Waals surface area contributed by atoms with Gasteiger partial charge in [-0.3, -0.25) is 0 Å². The van der Waals surface area contributed by atoms with E-state index in [-0.39, 0.29) is 21.7 Å². The average molecular weight is 483 g/mol. The predicted octanol–water partition coefficient (Wildman–Crippen LogP) is 5.59. The zero-order valence-corrected chi connectivity index (χ0v) is 18.4. The Balaban J connectivity index is 1.68. The second kappa shape index (κ2) is 8.85. The van der Waals surface area contributed by atoms with Crippen molar-refractivity contribution in [2.75, 3.05) is 11.9 Å². The third-order valence-corrected chi connectivity index (χ3v) is 6.74. The summed E-state index contributed by atoms with van der Waals surface area (Å²) < 4.78 is 33.2. The Morgan fingerprint density at radius 2 is 1.50 bits per heavy atom. The summed E-state index contributed by atoms with van der Waals surface area (Å²) in [6, 6.07) is 25.6. The Bertz CT molecular complexity index is 1220. The molecule has 4 aromatic rings. The van der Waals surface area contributed by atoms with Gasteiger partial charge in [0.2, 0.25) is 26.6 Å². The van der Waals surface area contributed by atoms with Crippen LogP contribution in [-0.4, -0.2) is 19.9 Å². The summed E-state index contributed by atoms with van der Waals surface area (Å²) in [7, 11) is -3.84. The fourth-order valence-corrected chi connectivity index (χ4v) is 4.56. The van der Waals surface area contributed by atoms with E-state index in [9.17, 15) is 8.42 Å². The van der Waals surface area contributed by atoms with Crippen molar-refractivity contribution >= 4 is 31.7 Å². The molecule has 0 spiro atoms. The molecule has 0 aliphatic rings. The predicted molar refractivity (Wildman–Crippen MR) is 120 cm³/mol. The molecule has 0 saturated carbocycles. The highest BCUT2D eigenvalue weighted by atomic mass is 79.9. The van der Waals surface area contributed by atoms with Gasteiger partial charge in [-0.05, 0) is 48.4 Å². The van der Waals surface area contributed by atoms with Crippen LogP contribution in [0, 0.1) is 0 Å². The number of halogens is 1. The molecule has 0 atom stereocenters. The van der Waals surface area contributed by atoms with E-state index in [2.05, 4.69) is 26.2 Å². The number of sulfone groups is 1. The summed E-state index contributed by atoms with van der Waals surface area (Å²) in [6.07, 6.45) is 0.722. The smallest absolute Gasteiger partial charge is 0.233 e. The summed E-state index contributed by atoms with van der Waals surface area (Å²) in [5.41, 5.74) is 1.84. The fraction of sp³-hybridized carbons (Fsp3) is 0.0870. The minimum Gasteiger partial charge on any atom is -0.419 e. The molecule has 0 aliphatic carbocycles. The summed E-state index contributed by atoms with van der Waals surface area (Å²) in [5, 5.41) is 3.01. The normalized spacial score (nSPS) is 11.4. The van der Waals surface area contributed by atoms with Crippen LogP contribution in [0.2, 0.25) is 0 Å². The van der Waals surface area contributed by atoms with Gasteiger partial charge in [-0.15, -0.1) is 0 Å². The molecule has 3 aromatic carbocycles. The molecule has 0 bridgehead atoms. The van der Waals surface area contributed by atoms with Crippen LogP contribution in [-0.2, 0) is 16.3 Å². The van der Waals surface area contributed by atoms with Gasteiger partial charge >= 0.3 is 0 Å². The molecule has 0 aliphatic heterocycles. The Morgan fingerprint density at radius 1 is 0.867 bits per heavy atom.